The van der Waals surface area contributed by atoms with Crippen LogP contribution in [0.2, 0.25) is 0 Å². The largest absolute Gasteiger partial charge is 0.456 e. The van der Waals surface area contributed by atoms with Crippen molar-refractivity contribution in [3.8, 4) is 0 Å². The van der Waals surface area contributed by atoms with Crippen molar-refractivity contribution >= 4 is 5.97 Å². The number of carbonyl (C=O) groups is 1. The van der Waals surface area contributed by atoms with Gasteiger partial charge < -0.3 is 15.2 Å². The highest BCUT2D eigenvalue weighted by Crippen LogP contribution is 2.34. The molecule has 3 rings (SSSR count). The third kappa shape index (κ3) is 2.58. The van der Waals surface area contributed by atoms with E-state index in [0.29, 0.717) is 26.1 Å². The van der Waals surface area contributed by atoms with E-state index >= 15 is 0 Å². The minimum atomic E-state index is -0.870. The van der Waals surface area contributed by atoms with Gasteiger partial charge in [0.2, 0.25) is 0 Å². The molecule has 4 nitrogen and oxygen atoms in total. The van der Waals surface area contributed by atoms with Crippen LogP contribution in [0.5, 0.6) is 0 Å². The molecule has 0 saturated carbocycles. The van der Waals surface area contributed by atoms with Crippen molar-refractivity contribution in [3.05, 3.63) is 35.4 Å². The minimum absolute atomic E-state index is 0.143. The fraction of sp³-hybridized carbons (Fsp3) is 0.562. The van der Waals surface area contributed by atoms with Crippen molar-refractivity contribution in [1.29, 1.82) is 0 Å². The average molecular weight is 275 g/mol. The van der Waals surface area contributed by atoms with E-state index in [2.05, 4.69) is 12.1 Å². The van der Waals surface area contributed by atoms with E-state index in [1.165, 1.54) is 5.56 Å². The highest BCUT2D eigenvalue weighted by atomic mass is 16.5. The van der Waals surface area contributed by atoms with E-state index in [-0.39, 0.29) is 12.1 Å². The van der Waals surface area contributed by atoms with Gasteiger partial charge in [-0.25, -0.2) is 0 Å². The molecule has 0 aromatic heterocycles. The highest BCUT2D eigenvalue weighted by Gasteiger charge is 2.39. The molecule has 1 unspecified atom stereocenters. The van der Waals surface area contributed by atoms with Gasteiger partial charge in [-0.2, -0.15) is 0 Å². The Labute approximate surface area is 119 Å². The quantitative estimate of drug-likeness (QED) is 0.840. The van der Waals surface area contributed by atoms with E-state index in [1.807, 2.05) is 12.1 Å². The molecule has 108 valence electrons. The summed E-state index contributed by atoms with van der Waals surface area (Å²) in [5.74, 6) is -0.275. The number of hydrogen-bond acceptors (Lipinski definition) is 4. The number of rotatable bonds is 2. The van der Waals surface area contributed by atoms with Crippen LogP contribution in [0.4, 0.5) is 0 Å². The van der Waals surface area contributed by atoms with Gasteiger partial charge in [0.15, 0.2) is 0 Å². The standard InChI is InChI=1S/C16H21NO3/c17-16(8-10-19-11-9-16)15(18)20-14-7-3-5-12-4-1-2-6-13(12)14/h1-2,4,6,14H,3,5,7-11,17H2. The molecule has 1 aliphatic carbocycles. The van der Waals surface area contributed by atoms with E-state index in [0.717, 1.165) is 24.8 Å². The Morgan fingerprint density at radius 1 is 1.30 bits per heavy atom. The van der Waals surface area contributed by atoms with E-state index in [9.17, 15) is 4.79 Å². The lowest BCUT2D eigenvalue weighted by Crippen LogP contribution is -2.53. The molecule has 0 bridgehead atoms. The first kappa shape index (κ1) is 13.6. The number of benzene rings is 1. The number of hydrogen-bond donors (Lipinski definition) is 1. The lowest BCUT2D eigenvalue weighted by atomic mass is 9.88. The summed E-state index contributed by atoms with van der Waals surface area (Å²) < 4.78 is 11.0. The predicted molar refractivity (Wildman–Crippen MR) is 75.2 cm³/mol. The van der Waals surface area contributed by atoms with E-state index in [4.69, 9.17) is 15.2 Å². The Morgan fingerprint density at radius 2 is 2.05 bits per heavy atom. The second kappa shape index (κ2) is 5.54. The maximum Gasteiger partial charge on any atom is 0.326 e. The second-order valence-corrected chi connectivity index (χ2v) is 5.75. The van der Waals surface area contributed by atoms with Crippen LogP contribution < -0.4 is 5.73 Å². The van der Waals surface area contributed by atoms with Gasteiger partial charge in [-0.3, -0.25) is 4.79 Å². The molecular weight excluding hydrogens is 254 g/mol. The van der Waals surface area contributed by atoms with Crippen molar-refractivity contribution in [2.75, 3.05) is 13.2 Å². The van der Waals surface area contributed by atoms with Crippen LogP contribution in [0.3, 0.4) is 0 Å². The molecule has 1 aromatic carbocycles. The van der Waals surface area contributed by atoms with Gasteiger partial charge in [-0.1, -0.05) is 24.3 Å². The molecule has 0 amide bonds. The molecule has 0 spiro atoms. The number of esters is 1. The SMILES string of the molecule is NC1(C(=O)OC2CCCc3ccccc32)CCOCC1. The normalized spacial score (nSPS) is 24.8. The lowest BCUT2D eigenvalue weighted by molar-refractivity contribution is -0.160. The molecule has 1 fully saturated rings. The number of ether oxygens (including phenoxy) is 2. The number of nitrogens with two attached hydrogens (primary N) is 1. The van der Waals surface area contributed by atoms with Crippen LogP contribution in [-0.2, 0) is 20.7 Å². The summed E-state index contributed by atoms with van der Waals surface area (Å²) in [6.07, 6.45) is 3.94. The van der Waals surface area contributed by atoms with Crippen molar-refractivity contribution in [1.82, 2.24) is 0 Å². The van der Waals surface area contributed by atoms with Crippen molar-refractivity contribution in [2.45, 2.75) is 43.7 Å². The van der Waals surface area contributed by atoms with Crippen LogP contribution in [0.1, 0.15) is 42.9 Å². The highest BCUT2D eigenvalue weighted by molar-refractivity contribution is 5.81. The Hall–Kier alpha value is -1.39. The summed E-state index contributed by atoms with van der Waals surface area (Å²) in [5.41, 5.74) is 7.74. The third-order valence-electron chi connectivity index (χ3n) is 4.36. The first-order valence-electron chi connectivity index (χ1n) is 7.34. The van der Waals surface area contributed by atoms with Gasteiger partial charge in [0, 0.05) is 13.2 Å². The van der Waals surface area contributed by atoms with Crippen LogP contribution >= 0.6 is 0 Å². The first-order valence-corrected chi connectivity index (χ1v) is 7.34. The Morgan fingerprint density at radius 3 is 2.85 bits per heavy atom. The Kier molecular flexibility index (Phi) is 3.76. The van der Waals surface area contributed by atoms with Gasteiger partial charge in [0.05, 0.1) is 0 Å². The van der Waals surface area contributed by atoms with Crippen LogP contribution in [0, 0.1) is 0 Å². The fourth-order valence-corrected chi connectivity index (χ4v) is 3.02. The number of aryl methyl sites for hydroxylation is 1. The molecule has 0 radical (unpaired) electrons. The van der Waals surface area contributed by atoms with Gasteiger partial charge in [-0.15, -0.1) is 0 Å². The monoisotopic (exact) mass is 275 g/mol. The van der Waals surface area contributed by atoms with Gasteiger partial charge >= 0.3 is 5.97 Å². The maximum atomic E-state index is 12.4. The Bertz CT molecular complexity index is 494. The zero-order valence-electron chi connectivity index (χ0n) is 11.6. The summed E-state index contributed by atoms with van der Waals surface area (Å²) in [7, 11) is 0. The maximum absolute atomic E-state index is 12.4. The first-order chi connectivity index (χ1) is 9.69. The smallest absolute Gasteiger partial charge is 0.326 e. The zero-order chi connectivity index (χ0) is 14.0. The molecule has 1 saturated heterocycles. The summed E-state index contributed by atoms with van der Waals surface area (Å²) in [4.78, 5) is 12.4. The molecular formula is C16H21NO3. The summed E-state index contributed by atoms with van der Waals surface area (Å²) in [6, 6.07) is 8.20. The minimum Gasteiger partial charge on any atom is -0.456 e. The molecule has 1 aliphatic heterocycles. The van der Waals surface area contributed by atoms with Gasteiger partial charge in [0.25, 0.3) is 0 Å². The topological polar surface area (TPSA) is 61.6 Å². The fourth-order valence-electron chi connectivity index (χ4n) is 3.02. The predicted octanol–water partition coefficient (Wildman–Crippen LogP) is 2.12. The average Bonchev–Trinajstić information content (AvgIpc) is 2.48. The summed E-state index contributed by atoms with van der Waals surface area (Å²) in [5, 5.41) is 0. The molecule has 1 atom stereocenters. The molecule has 2 aliphatic rings. The van der Waals surface area contributed by atoms with E-state index in [1.54, 1.807) is 0 Å². The van der Waals surface area contributed by atoms with Crippen molar-refractivity contribution in [3.63, 3.8) is 0 Å². The third-order valence-corrected chi connectivity index (χ3v) is 4.36. The van der Waals surface area contributed by atoms with Gasteiger partial charge in [0.1, 0.15) is 11.6 Å². The van der Waals surface area contributed by atoms with E-state index < -0.39 is 5.54 Å². The van der Waals surface area contributed by atoms with Crippen LogP contribution in [-0.4, -0.2) is 24.7 Å². The van der Waals surface area contributed by atoms with Crippen LogP contribution in [0.25, 0.3) is 0 Å². The summed E-state index contributed by atoms with van der Waals surface area (Å²) in [6.45, 7) is 1.07. The lowest BCUT2D eigenvalue weighted by Gasteiger charge is -2.34. The Balaban J connectivity index is 1.74. The molecule has 4 heteroatoms. The van der Waals surface area contributed by atoms with Crippen LogP contribution in [0.15, 0.2) is 24.3 Å². The molecule has 1 aromatic rings. The molecule has 20 heavy (non-hydrogen) atoms. The molecule has 1 heterocycles. The molecule has 2 N–H and O–H groups in total. The summed E-state index contributed by atoms with van der Waals surface area (Å²) >= 11 is 0. The number of carbonyl (C=O) groups excluding carboxylic acids is 1. The van der Waals surface area contributed by atoms with Gasteiger partial charge in [-0.05, 0) is 43.2 Å². The number of fused-ring (bicyclic) bond motifs is 1. The second-order valence-electron chi connectivity index (χ2n) is 5.75. The van der Waals surface area contributed by atoms with Crippen molar-refractivity contribution in [2.24, 2.45) is 5.73 Å². The zero-order valence-corrected chi connectivity index (χ0v) is 11.6. The van der Waals surface area contributed by atoms with Crippen molar-refractivity contribution < 1.29 is 14.3 Å².